The van der Waals surface area contributed by atoms with Crippen molar-refractivity contribution in [3.8, 4) is 0 Å². The standard InChI is InChI=1S/C20H19ClN4O/c1-2-14-5-9-17(10-6-14)25-20(26)18-11-19(24-13-23-18)22-12-15-3-7-16(21)8-4-15/h3-11,13H,2,12H2,1H3,(H,25,26)(H,22,23,24). The van der Waals surface area contributed by atoms with E-state index < -0.39 is 0 Å². The van der Waals surface area contributed by atoms with E-state index in [1.165, 1.54) is 11.9 Å². The molecule has 0 aliphatic rings. The fourth-order valence-corrected chi connectivity index (χ4v) is 2.52. The number of rotatable bonds is 6. The largest absolute Gasteiger partial charge is 0.366 e. The maximum atomic E-state index is 12.4. The number of hydrogen-bond donors (Lipinski definition) is 2. The lowest BCUT2D eigenvalue weighted by Gasteiger charge is -2.08. The van der Waals surface area contributed by atoms with Gasteiger partial charge in [-0.1, -0.05) is 42.8 Å². The summed E-state index contributed by atoms with van der Waals surface area (Å²) in [5, 5.41) is 6.72. The maximum absolute atomic E-state index is 12.4. The van der Waals surface area contributed by atoms with Crippen LogP contribution in [0.5, 0.6) is 0 Å². The number of carbonyl (C=O) groups excluding carboxylic acids is 1. The molecule has 132 valence electrons. The Morgan fingerprint density at radius 2 is 1.69 bits per heavy atom. The summed E-state index contributed by atoms with van der Waals surface area (Å²) in [5.41, 5.74) is 3.33. The fraction of sp³-hybridized carbons (Fsp3) is 0.150. The van der Waals surface area contributed by atoms with Crippen LogP contribution in [0.25, 0.3) is 0 Å². The van der Waals surface area contributed by atoms with Gasteiger partial charge in [-0.25, -0.2) is 9.97 Å². The van der Waals surface area contributed by atoms with E-state index in [4.69, 9.17) is 11.6 Å². The van der Waals surface area contributed by atoms with Crippen LogP contribution in [0.3, 0.4) is 0 Å². The molecule has 1 amide bonds. The van der Waals surface area contributed by atoms with Gasteiger partial charge in [0.2, 0.25) is 0 Å². The number of aromatic nitrogens is 2. The van der Waals surface area contributed by atoms with Gasteiger partial charge in [0, 0.05) is 23.3 Å². The van der Waals surface area contributed by atoms with Crippen LogP contribution < -0.4 is 10.6 Å². The highest BCUT2D eigenvalue weighted by molar-refractivity contribution is 6.30. The number of carbonyl (C=O) groups is 1. The summed E-state index contributed by atoms with van der Waals surface area (Å²) < 4.78 is 0. The molecule has 26 heavy (non-hydrogen) atoms. The summed E-state index contributed by atoms with van der Waals surface area (Å²) >= 11 is 5.88. The molecule has 2 N–H and O–H groups in total. The maximum Gasteiger partial charge on any atom is 0.274 e. The van der Waals surface area contributed by atoms with Crippen molar-refractivity contribution in [2.75, 3.05) is 10.6 Å². The number of anilines is 2. The molecule has 0 saturated carbocycles. The Bertz CT molecular complexity index is 879. The number of nitrogens with one attached hydrogen (secondary N) is 2. The molecule has 0 aliphatic carbocycles. The van der Waals surface area contributed by atoms with Crippen LogP contribution in [0.4, 0.5) is 11.5 Å². The zero-order valence-corrected chi connectivity index (χ0v) is 15.1. The third kappa shape index (κ3) is 4.80. The molecule has 5 nitrogen and oxygen atoms in total. The van der Waals surface area contributed by atoms with Gasteiger partial charge in [-0.3, -0.25) is 4.79 Å². The van der Waals surface area contributed by atoms with Crippen molar-refractivity contribution in [1.82, 2.24) is 9.97 Å². The predicted molar refractivity (Wildman–Crippen MR) is 105 cm³/mol. The van der Waals surface area contributed by atoms with E-state index in [0.29, 0.717) is 23.1 Å². The molecule has 0 radical (unpaired) electrons. The van der Waals surface area contributed by atoms with Gasteiger partial charge in [0.05, 0.1) is 0 Å². The van der Waals surface area contributed by atoms with Crippen LogP contribution in [0.2, 0.25) is 5.02 Å². The molecule has 1 aromatic heterocycles. The summed E-state index contributed by atoms with van der Waals surface area (Å²) in [6.07, 6.45) is 2.34. The van der Waals surface area contributed by atoms with Gasteiger partial charge in [-0.05, 0) is 41.8 Å². The van der Waals surface area contributed by atoms with Crippen molar-refractivity contribution in [3.05, 3.63) is 82.8 Å². The summed E-state index contributed by atoms with van der Waals surface area (Å²) in [6, 6.07) is 16.9. The van der Waals surface area contributed by atoms with Gasteiger partial charge in [-0.15, -0.1) is 0 Å². The molecule has 0 saturated heterocycles. The van der Waals surface area contributed by atoms with E-state index in [1.54, 1.807) is 6.07 Å². The summed E-state index contributed by atoms with van der Waals surface area (Å²) in [5.74, 6) is 0.313. The van der Waals surface area contributed by atoms with Crippen molar-refractivity contribution in [1.29, 1.82) is 0 Å². The zero-order valence-electron chi connectivity index (χ0n) is 14.4. The molecule has 2 aromatic carbocycles. The molecule has 0 aliphatic heterocycles. The molecule has 0 atom stereocenters. The van der Waals surface area contributed by atoms with E-state index in [1.807, 2.05) is 48.5 Å². The zero-order chi connectivity index (χ0) is 18.4. The highest BCUT2D eigenvalue weighted by Gasteiger charge is 2.09. The number of halogens is 1. The molecular formula is C20H19ClN4O. The van der Waals surface area contributed by atoms with Crippen LogP contribution in [0, 0.1) is 0 Å². The van der Waals surface area contributed by atoms with E-state index in [9.17, 15) is 4.79 Å². The first kappa shape index (κ1) is 17.9. The summed E-state index contributed by atoms with van der Waals surface area (Å²) in [4.78, 5) is 20.6. The molecule has 6 heteroatoms. The first-order valence-electron chi connectivity index (χ1n) is 8.34. The number of aryl methyl sites for hydroxylation is 1. The molecule has 3 rings (SSSR count). The lowest BCUT2D eigenvalue weighted by Crippen LogP contribution is -2.14. The van der Waals surface area contributed by atoms with Crippen molar-refractivity contribution in [3.63, 3.8) is 0 Å². The summed E-state index contributed by atoms with van der Waals surface area (Å²) in [6.45, 7) is 2.67. The van der Waals surface area contributed by atoms with E-state index >= 15 is 0 Å². The fourth-order valence-electron chi connectivity index (χ4n) is 2.39. The van der Waals surface area contributed by atoms with Gasteiger partial charge in [-0.2, -0.15) is 0 Å². The Morgan fingerprint density at radius 1 is 1.00 bits per heavy atom. The molecule has 0 unspecified atom stereocenters. The lowest BCUT2D eigenvalue weighted by atomic mass is 10.1. The molecule has 0 spiro atoms. The third-order valence-corrected chi connectivity index (χ3v) is 4.16. The predicted octanol–water partition coefficient (Wildman–Crippen LogP) is 4.56. The second kappa shape index (κ2) is 8.45. The Hall–Kier alpha value is -2.92. The molecule has 0 bridgehead atoms. The SMILES string of the molecule is CCc1ccc(NC(=O)c2cc(NCc3ccc(Cl)cc3)ncn2)cc1. The Kier molecular flexibility index (Phi) is 5.81. The van der Waals surface area contributed by atoms with Crippen molar-refractivity contribution < 1.29 is 4.79 Å². The van der Waals surface area contributed by atoms with Gasteiger partial charge in [0.1, 0.15) is 17.8 Å². The van der Waals surface area contributed by atoms with E-state index in [2.05, 4.69) is 27.5 Å². The minimum atomic E-state index is -0.272. The topological polar surface area (TPSA) is 66.9 Å². The normalized spacial score (nSPS) is 10.4. The van der Waals surface area contributed by atoms with Crippen LogP contribution >= 0.6 is 11.6 Å². The second-order valence-electron chi connectivity index (χ2n) is 5.77. The van der Waals surface area contributed by atoms with Crippen LogP contribution in [-0.4, -0.2) is 15.9 Å². The Balaban J connectivity index is 1.63. The van der Waals surface area contributed by atoms with Gasteiger partial charge in [0.25, 0.3) is 5.91 Å². The summed E-state index contributed by atoms with van der Waals surface area (Å²) in [7, 11) is 0. The van der Waals surface area contributed by atoms with Gasteiger partial charge < -0.3 is 10.6 Å². The number of amides is 1. The minimum Gasteiger partial charge on any atom is -0.366 e. The highest BCUT2D eigenvalue weighted by atomic mass is 35.5. The van der Waals surface area contributed by atoms with Crippen molar-refractivity contribution in [2.45, 2.75) is 19.9 Å². The number of benzene rings is 2. The monoisotopic (exact) mass is 366 g/mol. The quantitative estimate of drug-likeness (QED) is 0.671. The minimum absolute atomic E-state index is 0.272. The third-order valence-electron chi connectivity index (χ3n) is 3.91. The Labute approximate surface area is 157 Å². The van der Waals surface area contributed by atoms with E-state index in [-0.39, 0.29) is 5.91 Å². The van der Waals surface area contributed by atoms with Crippen molar-refractivity contribution in [2.24, 2.45) is 0 Å². The first-order valence-corrected chi connectivity index (χ1v) is 8.72. The first-order chi connectivity index (χ1) is 12.6. The number of nitrogens with zero attached hydrogens (tertiary/aromatic N) is 2. The van der Waals surface area contributed by atoms with E-state index in [0.717, 1.165) is 17.7 Å². The Morgan fingerprint density at radius 3 is 2.38 bits per heavy atom. The average Bonchev–Trinajstić information content (AvgIpc) is 2.68. The number of hydrogen-bond acceptors (Lipinski definition) is 4. The van der Waals surface area contributed by atoms with Gasteiger partial charge in [0.15, 0.2) is 0 Å². The smallest absolute Gasteiger partial charge is 0.274 e. The average molecular weight is 367 g/mol. The van der Waals surface area contributed by atoms with Crippen LogP contribution in [-0.2, 0) is 13.0 Å². The molecule has 3 aromatic rings. The molecule has 0 fully saturated rings. The highest BCUT2D eigenvalue weighted by Crippen LogP contribution is 2.14. The van der Waals surface area contributed by atoms with Crippen LogP contribution in [0.1, 0.15) is 28.5 Å². The second-order valence-corrected chi connectivity index (χ2v) is 6.21. The van der Waals surface area contributed by atoms with Crippen molar-refractivity contribution >= 4 is 29.0 Å². The van der Waals surface area contributed by atoms with Gasteiger partial charge >= 0.3 is 0 Å². The lowest BCUT2D eigenvalue weighted by molar-refractivity contribution is 0.102. The molecular weight excluding hydrogens is 348 g/mol. The molecule has 1 heterocycles. The van der Waals surface area contributed by atoms with Crippen LogP contribution in [0.15, 0.2) is 60.9 Å².